The fourth-order valence-corrected chi connectivity index (χ4v) is 1.44. The van der Waals surface area contributed by atoms with E-state index in [-0.39, 0.29) is 5.91 Å². The van der Waals surface area contributed by atoms with Crippen molar-refractivity contribution >= 4 is 12.1 Å². The minimum absolute atomic E-state index is 0.303. The molecular formula is C15H14N2O3. The van der Waals surface area contributed by atoms with Gasteiger partial charge in [-0.3, -0.25) is 4.79 Å². The van der Waals surface area contributed by atoms with E-state index in [0.29, 0.717) is 23.7 Å². The first kappa shape index (κ1) is 13.6. The second-order valence-electron chi connectivity index (χ2n) is 3.84. The van der Waals surface area contributed by atoms with Gasteiger partial charge in [-0.15, -0.1) is 0 Å². The maximum Gasteiger partial charge on any atom is 0.271 e. The fourth-order valence-electron chi connectivity index (χ4n) is 1.44. The summed E-state index contributed by atoms with van der Waals surface area (Å²) in [5.41, 5.74) is 2.91. The highest BCUT2D eigenvalue weighted by Gasteiger charge is 2.04. The largest absolute Gasteiger partial charge is 0.490 e. The summed E-state index contributed by atoms with van der Waals surface area (Å²) < 4.78 is 10.4. The number of hydrogen-bond donors (Lipinski definition) is 1. The Kier molecular flexibility index (Phi) is 4.72. The molecular weight excluding hydrogens is 256 g/mol. The van der Waals surface area contributed by atoms with Crippen molar-refractivity contribution in [2.75, 3.05) is 6.61 Å². The molecule has 0 spiro atoms. The molecule has 5 nitrogen and oxygen atoms in total. The van der Waals surface area contributed by atoms with Gasteiger partial charge in [0.2, 0.25) is 0 Å². The number of hydrogen-bond acceptors (Lipinski definition) is 4. The molecule has 0 unspecified atom stereocenters. The molecule has 2 aromatic rings. The minimum Gasteiger partial charge on any atom is -0.490 e. The van der Waals surface area contributed by atoms with E-state index in [1.165, 1.54) is 12.5 Å². The fraction of sp³-hybridized carbons (Fsp3) is 0.0667. The van der Waals surface area contributed by atoms with Crippen molar-refractivity contribution < 1.29 is 13.9 Å². The van der Waals surface area contributed by atoms with Gasteiger partial charge in [0, 0.05) is 5.56 Å². The van der Waals surface area contributed by atoms with Gasteiger partial charge in [0.25, 0.3) is 5.91 Å². The highest BCUT2D eigenvalue weighted by molar-refractivity contribution is 5.94. The molecule has 1 heterocycles. The number of nitrogens with zero attached hydrogens (tertiary/aromatic N) is 1. The normalized spacial score (nSPS) is 10.4. The summed E-state index contributed by atoms with van der Waals surface area (Å²) in [6.45, 7) is 3.99. The molecule has 0 aliphatic rings. The molecule has 0 saturated carbocycles. The Hall–Kier alpha value is -2.82. The molecule has 20 heavy (non-hydrogen) atoms. The molecule has 1 N–H and O–H groups in total. The predicted octanol–water partition coefficient (Wildman–Crippen LogP) is 2.61. The number of benzene rings is 1. The molecule has 1 amide bonds. The van der Waals surface area contributed by atoms with Crippen molar-refractivity contribution in [1.29, 1.82) is 0 Å². The molecule has 102 valence electrons. The van der Waals surface area contributed by atoms with Gasteiger partial charge in [0.1, 0.15) is 18.1 Å². The zero-order valence-corrected chi connectivity index (χ0v) is 10.8. The summed E-state index contributed by atoms with van der Waals surface area (Å²) in [7, 11) is 0. The van der Waals surface area contributed by atoms with Crippen molar-refractivity contribution in [2.24, 2.45) is 5.10 Å². The topological polar surface area (TPSA) is 63.8 Å². The molecule has 0 aliphatic heterocycles. The van der Waals surface area contributed by atoms with Crippen molar-refractivity contribution in [3.63, 3.8) is 0 Å². The summed E-state index contributed by atoms with van der Waals surface area (Å²) >= 11 is 0. The van der Waals surface area contributed by atoms with Gasteiger partial charge in [0.05, 0.1) is 12.5 Å². The molecule has 5 heteroatoms. The van der Waals surface area contributed by atoms with Gasteiger partial charge < -0.3 is 9.15 Å². The number of furan rings is 1. The van der Waals surface area contributed by atoms with Gasteiger partial charge >= 0.3 is 0 Å². The van der Waals surface area contributed by atoms with Gasteiger partial charge in [-0.05, 0) is 36.4 Å². The van der Waals surface area contributed by atoms with Crippen LogP contribution in [0.25, 0.3) is 0 Å². The van der Waals surface area contributed by atoms with E-state index >= 15 is 0 Å². The van der Waals surface area contributed by atoms with Crippen molar-refractivity contribution in [1.82, 2.24) is 5.43 Å². The van der Waals surface area contributed by atoms with E-state index in [4.69, 9.17) is 9.15 Å². The monoisotopic (exact) mass is 270 g/mol. The zero-order chi connectivity index (χ0) is 14.2. The third-order valence-corrected chi connectivity index (χ3v) is 2.39. The molecule has 0 bridgehead atoms. The van der Waals surface area contributed by atoms with Crippen LogP contribution in [0.1, 0.15) is 16.1 Å². The average molecular weight is 270 g/mol. The number of nitrogens with one attached hydrogen (secondary N) is 1. The van der Waals surface area contributed by atoms with Crippen LogP contribution in [0.15, 0.2) is 64.8 Å². The van der Waals surface area contributed by atoms with Gasteiger partial charge in [-0.25, -0.2) is 5.43 Å². The Morgan fingerprint density at radius 3 is 2.80 bits per heavy atom. The highest BCUT2D eigenvalue weighted by Crippen LogP contribution is 2.12. The van der Waals surface area contributed by atoms with Crippen molar-refractivity contribution in [3.8, 4) is 5.75 Å². The number of amides is 1. The second kappa shape index (κ2) is 6.94. The number of rotatable bonds is 6. The lowest BCUT2D eigenvalue weighted by atomic mass is 10.2. The van der Waals surface area contributed by atoms with E-state index in [2.05, 4.69) is 17.1 Å². The summed E-state index contributed by atoms with van der Waals surface area (Å²) in [5.74, 6) is 0.946. The first-order chi connectivity index (χ1) is 9.79. The molecule has 0 radical (unpaired) electrons. The summed E-state index contributed by atoms with van der Waals surface area (Å²) in [6, 6.07) is 10.2. The summed E-state index contributed by atoms with van der Waals surface area (Å²) in [6.07, 6.45) is 4.62. The second-order valence-corrected chi connectivity index (χ2v) is 3.84. The van der Waals surface area contributed by atoms with Crippen LogP contribution in [0.3, 0.4) is 0 Å². The van der Waals surface area contributed by atoms with E-state index in [1.807, 2.05) is 0 Å². The lowest BCUT2D eigenvalue weighted by Gasteiger charge is -2.04. The highest BCUT2D eigenvalue weighted by atomic mass is 16.5. The van der Waals surface area contributed by atoms with Crippen LogP contribution >= 0.6 is 0 Å². The van der Waals surface area contributed by atoms with Crippen LogP contribution in [-0.2, 0) is 0 Å². The third kappa shape index (κ3) is 3.84. The molecule has 1 aromatic carbocycles. The Balaban J connectivity index is 1.90. The first-order valence-electron chi connectivity index (χ1n) is 6.00. The average Bonchev–Trinajstić information content (AvgIpc) is 2.99. The maximum absolute atomic E-state index is 11.8. The Morgan fingerprint density at radius 1 is 1.35 bits per heavy atom. The Labute approximate surface area is 116 Å². The van der Waals surface area contributed by atoms with Crippen LogP contribution in [0.2, 0.25) is 0 Å². The lowest BCUT2D eigenvalue weighted by molar-refractivity contribution is 0.0955. The van der Waals surface area contributed by atoms with Crippen LogP contribution in [-0.4, -0.2) is 18.7 Å². The van der Waals surface area contributed by atoms with Gasteiger partial charge in [0.15, 0.2) is 0 Å². The van der Waals surface area contributed by atoms with Crippen molar-refractivity contribution in [2.45, 2.75) is 0 Å². The van der Waals surface area contributed by atoms with Crippen LogP contribution < -0.4 is 10.2 Å². The standard InChI is InChI=1S/C15H14N2O3/c1-2-9-19-13-7-5-12(6-8-13)15(18)17-16-11-14-4-3-10-20-14/h2-8,10-11H,1,9H2,(H,17,18)/b16-11+. The molecule has 0 aliphatic carbocycles. The third-order valence-electron chi connectivity index (χ3n) is 2.39. The van der Waals surface area contributed by atoms with E-state index in [9.17, 15) is 4.79 Å². The number of carbonyl (C=O) groups excluding carboxylic acids is 1. The Morgan fingerprint density at radius 2 is 2.15 bits per heavy atom. The molecule has 0 fully saturated rings. The van der Waals surface area contributed by atoms with Crippen molar-refractivity contribution in [3.05, 3.63) is 66.6 Å². The maximum atomic E-state index is 11.8. The summed E-state index contributed by atoms with van der Waals surface area (Å²) in [4.78, 5) is 11.8. The molecule has 2 rings (SSSR count). The number of hydrazone groups is 1. The smallest absolute Gasteiger partial charge is 0.271 e. The predicted molar refractivity (Wildman–Crippen MR) is 75.9 cm³/mol. The van der Waals surface area contributed by atoms with E-state index in [0.717, 1.165) is 0 Å². The molecule has 0 saturated heterocycles. The zero-order valence-electron chi connectivity index (χ0n) is 10.8. The number of carbonyl (C=O) groups is 1. The van der Waals surface area contributed by atoms with Gasteiger partial charge in [-0.2, -0.15) is 5.10 Å². The van der Waals surface area contributed by atoms with Crippen LogP contribution in [0, 0.1) is 0 Å². The lowest BCUT2D eigenvalue weighted by Crippen LogP contribution is -2.17. The first-order valence-corrected chi connectivity index (χ1v) is 6.00. The number of ether oxygens (including phenoxy) is 1. The SMILES string of the molecule is C=CCOc1ccc(C(=O)N/N=C/c2ccco2)cc1. The van der Waals surface area contributed by atoms with Gasteiger partial charge in [-0.1, -0.05) is 12.7 Å². The Bertz CT molecular complexity index is 586. The van der Waals surface area contributed by atoms with E-state index < -0.39 is 0 Å². The molecule has 1 aromatic heterocycles. The molecule has 0 atom stereocenters. The van der Waals surface area contributed by atoms with Crippen LogP contribution in [0.5, 0.6) is 5.75 Å². The quantitative estimate of drug-likeness (QED) is 0.498. The minimum atomic E-state index is -0.303. The van der Waals surface area contributed by atoms with Crippen LogP contribution in [0.4, 0.5) is 0 Å². The van der Waals surface area contributed by atoms with E-state index in [1.54, 1.807) is 42.5 Å². The summed E-state index contributed by atoms with van der Waals surface area (Å²) in [5, 5.41) is 3.80.